The molecule has 1 atom stereocenters. The Balaban J connectivity index is 4.17. The van der Waals surface area contributed by atoms with Crippen molar-refractivity contribution in [3.63, 3.8) is 0 Å². The van der Waals surface area contributed by atoms with E-state index in [0.29, 0.717) is 25.4 Å². The zero-order valence-corrected chi connectivity index (χ0v) is 11.7. The van der Waals surface area contributed by atoms with E-state index in [1.54, 1.807) is 11.9 Å². The van der Waals surface area contributed by atoms with Gasteiger partial charge in [0.15, 0.2) is 0 Å². The lowest BCUT2D eigenvalue weighted by Gasteiger charge is -2.31. The monoisotopic (exact) mass is 244 g/mol. The van der Waals surface area contributed by atoms with Gasteiger partial charge in [0.2, 0.25) is 5.91 Å². The highest BCUT2D eigenvalue weighted by molar-refractivity contribution is 5.75. The number of nitrogens with zero attached hydrogens (tertiary/aromatic N) is 1. The van der Waals surface area contributed by atoms with Crippen molar-refractivity contribution in [1.82, 2.24) is 4.90 Å². The Bertz CT molecular complexity index is 224. The van der Waals surface area contributed by atoms with Crippen LogP contribution in [0.2, 0.25) is 0 Å². The first kappa shape index (κ1) is 16.4. The molecular formula is C13H28N2O2. The van der Waals surface area contributed by atoms with Gasteiger partial charge in [-0.15, -0.1) is 0 Å². The van der Waals surface area contributed by atoms with Crippen molar-refractivity contribution in [2.75, 3.05) is 26.7 Å². The Morgan fingerprint density at radius 2 is 1.94 bits per heavy atom. The minimum absolute atomic E-state index is 0.0216. The molecule has 0 spiro atoms. The summed E-state index contributed by atoms with van der Waals surface area (Å²) >= 11 is 0. The SMILES string of the molecule is CN(CCO)C(=O)CCC(CCN)C(C)(C)C. The number of aliphatic hydroxyl groups is 1. The summed E-state index contributed by atoms with van der Waals surface area (Å²) in [6.07, 6.45) is 2.37. The highest BCUT2D eigenvalue weighted by atomic mass is 16.3. The minimum atomic E-state index is 0.0216. The van der Waals surface area contributed by atoms with E-state index in [2.05, 4.69) is 20.8 Å². The van der Waals surface area contributed by atoms with Crippen molar-refractivity contribution in [1.29, 1.82) is 0 Å². The third-order valence-corrected chi connectivity index (χ3v) is 3.31. The number of amides is 1. The van der Waals surface area contributed by atoms with E-state index >= 15 is 0 Å². The summed E-state index contributed by atoms with van der Waals surface area (Å²) in [7, 11) is 1.73. The van der Waals surface area contributed by atoms with Crippen LogP contribution in [0.1, 0.15) is 40.0 Å². The molecule has 3 N–H and O–H groups in total. The zero-order chi connectivity index (χ0) is 13.5. The Kier molecular flexibility index (Phi) is 7.39. The molecule has 1 amide bonds. The van der Waals surface area contributed by atoms with E-state index < -0.39 is 0 Å². The second kappa shape index (κ2) is 7.67. The standard InChI is InChI=1S/C13H28N2O2/c1-13(2,3)11(7-8-14)5-6-12(17)15(4)9-10-16/h11,16H,5-10,14H2,1-4H3. The summed E-state index contributed by atoms with van der Waals surface area (Å²) in [6, 6.07) is 0. The van der Waals surface area contributed by atoms with Gasteiger partial charge < -0.3 is 15.7 Å². The van der Waals surface area contributed by atoms with Crippen LogP contribution in [0, 0.1) is 11.3 Å². The highest BCUT2D eigenvalue weighted by Crippen LogP contribution is 2.32. The second-order valence-electron chi connectivity index (χ2n) is 5.72. The Labute approximate surface area is 105 Å². The van der Waals surface area contributed by atoms with Crippen molar-refractivity contribution in [3.05, 3.63) is 0 Å². The van der Waals surface area contributed by atoms with E-state index in [0.717, 1.165) is 12.8 Å². The van der Waals surface area contributed by atoms with Crippen LogP contribution < -0.4 is 5.73 Å². The smallest absolute Gasteiger partial charge is 0.222 e. The van der Waals surface area contributed by atoms with E-state index in [1.807, 2.05) is 0 Å². The normalized spacial score (nSPS) is 13.5. The van der Waals surface area contributed by atoms with Crippen LogP contribution in [-0.2, 0) is 4.79 Å². The summed E-state index contributed by atoms with van der Waals surface area (Å²) in [5.74, 6) is 0.573. The molecule has 0 radical (unpaired) electrons. The van der Waals surface area contributed by atoms with Gasteiger partial charge in [-0.1, -0.05) is 20.8 Å². The Morgan fingerprint density at radius 3 is 2.35 bits per heavy atom. The summed E-state index contributed by atoms with van der Waals surface area (Å²) in [6.45, 7) is 7.67. The summed E-state index contributed by atoms with van der Waals surface area (Å²) < 4.78 is 0. The molecule has 1 unspecified atom stereocenters. The van der Waals surface area contributed by atoms with Crippen molar-refractivity contribution >= 4 is 5.91 Å². The predicted octanol–water partition coefficient (Wildman–Crippen LogP) is 1.23. The van der Waals surface area contributed by atoms with Crippen LogP contribution in [0.5, 0.6) is 0 Å². The molecule has 0 aromatic heterocycles. The number of likely N-dealkylation sites (N-methyl/N-ethyl adjacent to an activating group) is 1. The van der Waals surface area contributed by atoms with Crippen molar-refractivity contribution in [2.45, 2.75) is 40.0 Å². The number of aliphatic hydroxyl groups excluding tert-OH is 1. The molecule has 0 aliphatic rings. The third kappa shape index (κ3) is 6.64. The van der Waals surface area contributed by atoms with E-state index in [-0.39, 0.29) is 17.9 Å². The Morgan fingerprint density at radius 1 is 1.35 bits per heavy atom. The number of carbonyl (C=O) groups is 1. The van der Waals surface area contributed by atoms with Crippen LogP contribution in [0.25, 0.3) is 0 Å². The number of carbonyl (C=O) groups excluding carboxylic acids is 1. The highest BCUT2D eigenvalue weighted by Gasteiger charge is 2.24. The summed E-state index contributed by atoms with van der Waals surface area (Å²) in [4.78, 5) is 13.3. The van der Waals surface area contributed by atoms with Crippen LogP contribution in [-0.4, -0.2) is 42.7 Å². The minimum Gasteiger partial charge on any atom is -0.395 e. The molecule has 0 rings (SSSR count). The molecule has 0 saturated heterocycles. The maximum atomic E-state index is 11.8. The molecule has 0 aliphatic heterocycles. The number of hydrogen-bond acceptors (Lipinski definition) is 3. The first-order chi connectivity index (χ1) is 7.82. The molecule has 102 valence electrons. The molecular weight excluding hydrogens is 216 g/mol. The molecule has 0 heterocycles. The van der Waals surface area contributed by atoms with Gasteiger partial charge in [0, 0.05) is 20.0 Å². The van der Waals surface area contributed by atoms with Gasteiger partial charge in [-0.2, -0.15) is 0 Å². The van der Waals surface area contributed by atoms with Gasteiger partial charge in [0.25, 0.3) is 0 Å². The first-order valence-corrected chi connectivity index (χ1v) is 6.37. The van der Waals surface area contributed by atoms with Gasteiger partial charge in [-0.05, 0) is 30.7 Å². The van der Waals surface area contributed by atoms with E-state index in [1.165, 1.54) is 0 Å². The van der Waals surface area contributed by atoms with Crippen LogP contribution >= 0.6 is 0 Å². The average molecular weight is 244 g/mol. The molecule has 4 heteroatoms. The maximum Gasteiger partial charge on any atom is 0.222 e. The molecule has 0 aromatic carbocycles. The van der Waals surface area contributed by atoms with Crippen LogP contribution in [0.15, 0.2) is 0 Å². The molecule has 4 nitrogen and oxygen atoms in total. The second-order valence-corrected chi connectivity index (χ2v) is 5.72. The molecule has 17 heavy (non-hydrogen) atoms. The molecule has 0 aliphatic carbocycles. The molecule has 0 saturated carbocycles. The quantitative estimate of drug-likeness (QED) is 0.708. The lowest BCUT2D eigenvalue weighted by atomic mass is 9.76. The van der Waals surface area contributed by atoms with Gasteiger partial charge in [-0.25, -0.2) is 0 Å². The van der Waals surface area contributed by atoms with Crippen molar-refractivity contribution in [3.8, 4) is 0 Å². The average Bonchev–Trinajstić information content (AvgIpc) is 2.22. The summed E-state index contributed by atoms with van der Waals surface area (Å²) in [5, 5.41) is 8.77. The largest absolute Gasteiger partial charge is 0.395 e. The third-order valence-electron chi connectivity index (χ3n) is 3.31. The Hall–Kier alpha value is -0.610. The predicted molar refractivity (Wildman–Crippen MR) is 70.6 cm³/mol. The topological polar surface area (TPSA) is 66.6 Å². The lowest BCUT2D eigenvalue weighted by Crippen LogP contribution is -2.31. The fourth-order valence-corrected chi connectivity index (χ4v) is 1.97. The fraction of sp³-hybridized carbons (Fsp3) is 0.923. The maximum absolute atomic E-state index is 11.8. The van der Waals surface area contributed by atoms with Crippen LogP contribution in [0.3, 0.4) is 0 Å². The molecule has 0 aromatic rings. The van der Waals surface area contributed by atoms with Crippen LogP contribution in [0.4, 0.5) is 0 Å². The van der Waals surface area contributed by atoms with Gasteiger partial charge in [-0.3, -0.25) is 4.79 Å². The number of rotatable bonds is 7. The fourth-order valence-electron chi connectivity index (χ4n) is 1.97. The lowest BCUT2D eigenvalue weighted by molar-refractivity contribution is -0.130. The van der Waals surface area contributed by atoms with Crippen molar-refractivity contribution in [2.24, 2.45) is 17.1 Å². The van der Waals surface area contributed by atoms with Gasteiger partial charge in [0.05, 0.1) is 6.61 Å². The molecule has 0 bridgehead atoms. The van der Waals surface area contributed by atoms with Gasteiger partial charge in [0.1, 0.15) is 0 Å². The van der Waals surface area contributed by atoms with E-state index in [9.17, 15) is 4.79 Å². The number of hydrogen-bond donors (Lipinski definition) is 2. The van der Waals surface area contributed by atoms with Crippen molar-refractivity contribution < 1.29 is 9.90 Å². The zero-order valence-electron chi connectivity index (χ0n) is 11.7. The summed E-state index contributed by atoms with van der Waals surface area (Å²) in [5.41, 5.74) is 5.80. The molecule has 0 fully saturated rings. The van der Waals surface area contributed by atoms with E-state index in [4.69, 9.17) is 10.8 Å². The van der Waals surface area contributed by atoms with Gasteiger partial charge >= 0.3 is 0 Å². The first-order valence-electron chi connectivity index (χ1n) is 6.37. The number of nitrogens with two attached hydrogens (primary N) is 1.